The summed E-state index contributed by atoms with van der Waals surface area (Å²) in [6.45, 7) is 5.84. The van der Waals surface area contributed by atoms with Gasteiger partial charge < -0.3 is 10.6 Å². The summed E-state index contributed by atoms with van der Waals surface area (Å²) in [5, 5.41) is 7.07. The van der Waals surface area contributed by atoms with Crippen molar-refractivity contribution in [3.05, 3.63) is 0 Å². The molecule has 14 heavy (non-hydrogen) atoms. The van der Waals surface area contributed by atoms with Gasteiger partial charge in [-0.1, -0.05) is 19.3 Å². The molecule has 2 N–H and O–H groups in total. The zero-order chi connectivity index (χ0) is 9.64. The zero-order valence-electron chi connectivity index (χ0n) is 9.10. The van der Waals surface area contributed by atoms with Gasteiger partial charge in [0.05, 0.1) is 0 Å². The molecule has 2 rings (SSSR count). The molecule has 0 aromatic heterocycles. The van der Waals surface area contributed by atoms with E-state index in [1.165, 1.54) is 45.2 Å². The lowest BCUT2D eigenvalue weighted by Crippen LogP contribution is -2.49. The summed E-state index contributed by atoms with van der Waals surface area (Å²) < 4.78 is 0. The highest BCUT2D eigenvalue weighted by molar-refractivity contribution is 4.73. The Bertz CT molecular complexity index is 131. The summed E-state index contributed by atoms with van der Waals surface area (Å²) in [6.07, 6.45) is 7.10. The SMILES string of the molecule is C1CCC(NCN2CCNCC2)CC1. The lowest BCUT2D eigenvalue weighted by molar-refractivity contribution is 0.203. The largest absolute Gasteiger partial charge is 0.314 e. The average Bonchev–Trinajstić information content (AvgIpc) is 2.29. The van der Waals surface area contributed by atoms with Gasteiger partial charge in [0.2, 0.25) is 0 Å². The fourth-order valence-electron chi connectivity index (χ4n) is 2.43. The van der Waals surface area contributed by atoms with Gasteiger partial charge in [0, 0.05) is 38.9 Å². The third-order valence-electron chi connectivity index (χ3n) is 3.42. The van der Waals surface area contributed by atoms with Crippen molar-refractivity contribution >= 4 is 0 Å². The number of hydrogen-bond acceptors (Lipinski definition) is 3. The van der Waals surface area contributed by atoms with Crippen LogP contribution in [0, 0.1) is 0 Å². The molecule has 0 amide bonds. The summed E-state index contributed by atoms with van der Waals surface area (Å²) in [4.78, 5) is 2.52. The zero-order valence-corrected chi connectivity index (χ0v) is 9.10. The van der Waals surface area contributed by atoms with Gasteiger partial charge in [-0.25, -0.2) is 0 Å². The maximum atomic E-state index is 3.69. The maximum absolute atomic E-state index is 3.69. The molecule has 0 aromatic carbocycles. The summed E-state index contributed by atoms with van der Waals surface area (Å²) in [5.74, 6) is 0. The van der Waals surface area contributed by atoms with E-state index in [9.17, 15) is 0 Å². The van der Waals surface area contributed by atoms with E-state index >= 15 is 0 Å². The topological polar surface area (TPSA) is 27.3 Å². The van der Waals surface area contributed by atoms with Gasteiger partial charge >= 0.3 is 0 Å². The van der Waals surface area contributed by atoms with Crippen molar-refractivity contribution in [2.75, 3.05) is 32.8 Å². The third-order valence-corrected chi connectivity index (χ3v) is 3.42. The van der Waals surface area contributed by atoms with E-state index < -0.39 is 0 Å². The summed E-state index contributed by atoms with van der Waals surface area (Å²) in [7, 11) is 0. The summed E-state index contributed by atoms with van der Waals surface area (Å²) in [5.41, 5.74) is 0. The van der Waals surface area contributed by atoms with Crippen molar-refractivity contribution in [1.82, 2.24) is 15.5 Å². The molecule has 0 atom stereocenters. The maximum Gasteiger partial charge on any atom is 0.0483 e. The second-order valence-electron chi connectivity index (χ2n) is 4.57. The van der Waals surface area contributed by atoms with Crippen molar-refractivity contribution < 1.29 is 0 Å². The minimum atomic E-state index is 0.804. The van der Waals surface area contributed by atoms with Gasteiger partial charge in [-0.2, -0.15) is 0 Å². The first-order valence-electron chi connectivity index (χ1n) is 6.11. The lowest BCUT2D eigenvalue weighted by atomic mass is 9.96. The highest BCUT2D eigenvalue weighted by atomic mass is 15.3. The quantitative estimate of drug-likeness (QED) is 0.700. The molecule has 0 aromatic rings. The Kier molecular flexibility index (Phi) is 4.22. The predicted molar refractivity (Wildman–Crippen MR) is 59.3 cm³/mol. The molecule has 0 spiro atoms. The van der Waals surface area contributed by atoms with Gasteiger partial charge in [0.15, 0.2) is 0 Å². The van der Waals surface area contributed by atoms with Crippen LogP contribution in [0.5, 0.6) is 0 Å². The second kappa shape index (κ2) is 5.69. The van der Waals surface area contributed by atoms with Crippen molar-refractivity contribution in [2.45, 2.75) is 38.1 Å². The van der Waals surface area contributed by atoms with E-state index in [0.717, 1.165) is 25.8 Å². The van der Waals surface area contributed by atoms with E-state index in [4.69, 9.17) is 0 Å². The highest BCUT2D eigenvalue weighted by Gasteiger charge is 2.14. The molecule has 1 saturated carbocycles. The normalized spacial score (nSPS) is 26.6. The Morgan fingerprint density at radius 2 is 1.79 bits per heavy atom. The first kappa shape index (κ1) is 10.4. The number of nitrogens with zero attached hydrogens (tertiary/aromatic N) is 1. The van der Waals surface area contributed by atoms with Crippen LogP contribution in [0.1, 0.15) is 32.1 Å². The van der Waals surface area contributed by atoms with Crippen molar-refractivity contribution in [1.29, 1.82) is 0 Å². The van der Waals surface area contributed by atoms with Crippen LogP contribution in [0.25, 0.3) is 0 Å². The first-order valence-corrected chi connectivity index (χ1v) is 6.11. The average molecular weight is 197 g/mol. The molecule has 1 aliphatic heterocycles. The second-order valence-corrected chi connectivity index (χ2v) is 4.57. The first-order chi connectivity index (χ1) is 6.95. The van der Waals surface area contributed by atoms with Crippen LogP contribution in [0.2, 0.25) is 0 Å². The summed E-state index contributed by atoms with van der Waals surface area (Å²) in [6, 6.07) is 0.804. The van der Waals surface area contributed by atoms with E-state index in [0.29, 0.717) is 0 Å². The molecule has 1 heterocycles. The Hall–Kier alpha value is -0.120. The smallest absolute Gasteiger partial charge is 0.0483 e. The molecule has 0 unspecified atom stereocenters. The van der Waals surface area contributed by atoms with E-state index in [1.807, 2.05) is 0 Å². The molecule has 2 fully saturated rings. The van der Waals surface area contributed by atoms with Crippen LogP contribution in [0.3, 0.4) is 0 Å². The van der Waals surface area contributed by atoms with Crippen LogP contribution < -0.4 is 10.6 Å². The van der Waals surface area contributed by atoms with E-state index in [1.54, 1.807) is 0 Å². The van der Waals surface area contributed by atoms with Gasteiger partial charge in [0.25, 0.3) is 0 Å². The number of hydrogen-bond donors (Lipinski definition) is 2. The van der Waals surface area contributed by atoms with Crippen molar-refractivity contribution in [3.63, 3.8) is 0 Å². The Balaban J connectivity index is 1.60. The molecular formula is C11H23N3. The van der Waals surface area contributed by atoms with Gasteiger partial charge in [-0.15, -0.1) is 0 Å². The fraction of sp³-hybridized carbons (Fsp3) is 1.00. The number of nitrogens with one attached hydrogen (secondary N) is 2. The predicted octanol–water partition coefficient (Wildman–Crippen LogP) is 0.771. The molecule has 1 saturated heterocycles. The highest BCUT2D eigenvalue weighted by Crippen LogP contribution is 2.17. The molecule has 3 heteroatoms. The minimum absolute atomic E-state index is 0.804. The lowest BCUT2D eigenvalue weighted by Gasteiger charge is -2.30. The van der Waals surface area contributed by atoms with Gasteiger partial charge in [-0.05, 0) is 12.8 Å². The fourth-order valence-corrected chi connectivity index (χ4v) is 2.43. The molecule has 3 nitrogen and oxygen atoms in total. The Morgan fingerprint density at radius 1 is 1.07 bits per heavy atom. The van der Waals surface area contributed by atoms with Crippen LogP contribution in [-0.2, 0) is 0 Å². The van der Waals surface area contributed by atoms with Crippen LogP contribution in [0.15, 0.2) is 0 Å². The number of piperazine rings is 1. The van der Waals surface area contributed by atoms with Crippen molar-refractivity contribution in [2.24, 2.45) is 0 Å². The minimum Gasteiger partial charge on any atom is -0.314 e. The van der Waals surface area contributed by atoms with E-state index in [-0.39, 0.29) is 0 Å². The standard InChI is InChI=1S/C11H23N3/c1-2-4-11(5-3-1)13-10-14-8-6-12-7-9-14/h11-13H,1-10H2. The molecule has 2 aliphatic rings. The van der Waals surface area contributed by atoms with Crippen LogP contribution in [0.4, 0.5) is 0 Å². The third kappa shape index (κ3) is 3.23. The van der Waals surface area contributed by atoms with Crippen LogP contribution in [-0.4, -0.2) is 43.8 Å². The molecule has 0 bridgehead atoms. The van der Waals surface area contributed by atoms with Crippen molar-refractivity contribution in [3.8, 4) is 0 Å². The van der Waals surface area contributed by atoms with E-state index in [2.05, 4.69) is 15.5 Å². The molecule has 82 valence electrons. The molecular weight excluding hydrogens is 174 g/mol. The van der Waals surface area contributed by atoms with Gasteiger partial charge in [0.1, 0.15) is 0 Å². The van der Waals surface area contributed by atoms with Crippen LogP contribution >= 0.6 is 0 Å². The Labute approximate surface area is 87.2 Å². The molecule has 0 radical (unpaired) electrons. The summed E-state index contributed by atoms with van der Waals surface area (Å²) >= 11 is 0. The molecule has 1 aliphatic carbocycles. The van der Waals surface area contributed by atoms with Gasteiger partial charge in [-0.3, -0.25) is 4.90 Å². The number of rotatable bonds is 3. The Morgan fingerprint density at radius 3 is 2.50 bits per heavy atom. The monoisotopic (exact) mass is 197 g/mol.